The van der Waals surface area contributed by atoms with Crippen LogP contribution < -0.4 is 15.1 Å². The molecule has 0 atom stereocenters. The molecule has 0 aliphatic rings. The van der Waals surface area contributed by atoms with Crippen molar-refractivity contribution in [3.05, 3.63) is 95.6 Å². The Hall–Kier alpha value is -2.41. The van der Waals surface area contributed by atoms with E-state index in [9.17, 15) is 5.11 Å². The molecule has 0 unspecified atom stereocenters. The van der Waals surface area contributed by atoms with Crippen molar-refractivity contribution < 1.29 is 9.84 Å². The highest BCUT2D eigenvalue weighted by atomic mass is 31.1. The van der Waals surface area contributed by atoms with E-state index in [0.717, 1.165) is 27.7 Å². The van der Waals surface area contributed by atoms with E-state index in [0.29, 0.717) is 14.8 Å². The SMILES string of the molecule is Cc1cc(OCc2ccccc2)ccc1P=C([O-])c1ccccc1. The van der Waals surface area contributed by atoms with Gasteiger partial charge in [-0.25, -0.2) is 0 Å². The van der Waals surface area contributed by atoms with Crippen LogP contribution in [0.2, 0.25) is 0 Å². The molecular weight excluding hydrogens is 315 g/mol. The van der Waals surface area contributed by atoms with E-state index in [2.05, 4.69) is 0 Å². The summed E-state index contributed by atoms with van der Waals surface area (Å²) in [4.78, 5) is 0. The minimum atomic E-state index is 0.108. The Balaban J connectivity index is 1.73. The predicted octanol–water partition coefficient (Wildman–Crippen LogP) is 3.68. The number of hydrogen-bond acceptors (Lipinski definition) is 2. The molecule has 0 amide bonds. The third kappa shape index (κ3) is 4.32. The monoisotopic (exact) mass is 333 g/mol. The third-order valence-electron chi connectivity index (χ3n) is 3.66. The summed E-state index contributed by atoms with van der Waals surface area (Å²) in [6.45, 7) is 2.55. The van der Waals surface area contributed by atoms with Crippen LogP contribution in [0.5, 0.6) is 5.75 Å². The fraction of sp³-hybridized carbons (Fsp3) is 0.0952. The molecule has 0 aliphatic carbocycles. The molecule has 0 aromatic heterocycles. The molecule has 24 heavy (non-hydrogen) atoms. The molecule has 2 nitrogen and oxygen atoms in total. The first-order valence-corrected chi connectivity index (χ1v) is 8.70. The number of ether oxygens (including phenoxy) is 1. The van der Waals surface area contributed by atoms with Gasteiger partial charge in [-0.15, -0.1) is 5.48 Å². The summed E-state index contributed by atoms with van der Waals surface area (Å²) in [5, 5.41) is 13.3. The van der Waals surface area contributed by atoms with Crippen LogP contribution in [0.25, 0.3) is 0 Å². The smallest absolute Gasteiger partial charge is 0.120 e. The lowest BCUT2D eigenvalue weighted by atomic mass is 10.2. The van der Waals surface area contributed by atoms with Crippen LogP contribution in [0.3, 0.4) is 0 Å². The summed E-state index contributed by atoms with van der Waals surface area (Å²) in [5.41, 5.74) is 3.04. The van der Waals surface area contributed by atoms with E-state index in [4.69, 9.17) is 4.74 Å². The largest absolute Gasteiger partial charge is 0.823 e. The molecule has 0 fully saturated rings. The van der Waals surface area contributed by atoms with Crippen molar-refractivity contribution in [2.75, 3.05) is 0 Å². The zero-order valence-corrected chi connectivity index (χ0v) is 14.4. The summed E-state index contributed by atoms with van der Waals surface area (Å²) in [5.74, 6) is 0.822. The van der Waals surface area contributed by atoms with Gasteiger partial charge in [0.2, 0.25) is 0 Å². The first-order chi connectivity index (χ1) is 11.7. The van der Waals surface area contributed by atoms with E-state index >= 15 is 0 Å². The highest BCUT2D eigenvalue weighted by molar-refractivity contribution is 7.49. The van der Waals surface area contributed by atoms with Crippen LogP contribution in [0.1, 0.15) is 16.7 Å². The number of aryl methyl sites for hydroxylation is 1. The molecular formula is C21H18O2P-. The van der Waals surface area contributed by atoms with Gasteiger partial charge in [-0.05, 0) is 41.8 Å². The second-order valence-electron chi connectivity index (χ2n) is 5.51. The topological polar surface area (TPSA) is 32.3 Å². The first-order valence-electron chi connectivity index (χ1n) is 7.81. The van der Waals surface area contributed by atoms with Crippen molar-refractivity contribution in [1.82, 2.24) is 0 Å². The molecule has 3 heteroatoms. The van der Waals surface area contributed by atoms with Crippen molar-refractivity contribution in [3.8, 4) is 5.75 Å². The second kappa shape index (κ2) is 7.92. The Morgan fingerprint density at radius 1 is 0.917 bits per heavy atom. The number of rotatable bonds is 5. The molecule has 3 aromatic rings. The molecule has 0 bridgehead atoms. The maximum absolute atomic E-state index is 12.3. The maximum Gasteiger partial charge on any atom is 0.120 e. The molecule has 0 N–H and O–H groups in total. The quantitative estimate of drug-likeness (QED) is 0.667. The van der Waals surface area contributed by atoms with Gasteiger partial charge in [-0.3, -0.25) is 0 Å². The lowest BCUT2D eigenvalue weighted by Crippen LogP contribution is -2.18. The van der Waals surface area contributed by atoms with E-state index in [1.807, 2.05) is 85.8 Å². The third-order valence-corrected chi connectivity index (χ3v) is 4.86. The average Bonchev–Trinajstić information content (AvgIpc) is 2.63. The van der Waals surface area contributed by atoms with Crippen LogP contribution in [0.4, 0.5) is 0 Å². The van der Waals surface area contributed by atoms with E-state index in [-0.39, 0.29) is 5.48 Å². The summed E-state index contributed by atoms with van der Waals surface area (Å²) in [6.07, 6.45) is 0. The Morgan fingerprint density at radius 3 is 2.25 bits per heavy atom. The maximum atomic E-state index is 12.3. The summed E-state index contributed by atoms with van der Waals surface area (Å²) in [7, 11) is 0.692. The molecule has 0 aliphatic heterocycles. The van der Waals surface area contributed by atoms with Gasteiger partial charge in [0.25, 0.3) is 0 Å². The van der Waals surface area contributed by atoms with Gasteiger partial charge in [0.1, 0.15) is 12.4 Å². The highest BCUT2D eigenvalue weighted by Crippen LogP contribution is 2.17. The van der Waals surface area contributed by atoms with Gasteiger partial charge in [-0.2, -0.15) is 0 Å². The fourth-order valence-electron chi connectivity index (χ4n) is 2.34. The van der Waals surface area contributed by atoms with Crippen molar-refractivity contribution in [3.63, 3.8) is 0 Å². The van der Waals surface area contributed by atoms with Gasteiger partial charge in [0.15, 0.2) is 0 Å². The van der Waals surface area contributed by atoms with Crippen LogP contribution in [-0.4, -0.2) is 5.48 Å². The first kappa shape index (κ1) is 16.4. The normalized spacial score (nSPS) is 11.3. The molecule has 0 radical (unpaired) electrons. The Kier molecular flexibility index (Phi) is 5.43. The fourth-order valence-corrected chi connectivity index (χ4v) is 3.23. The Morgan fingerprint density at radius 2 is 1.58 bits per heavy atom. The van der Waals surface area contributed by atoms with Crippen molar-refractivity contribution in [1.29, 1.82) is 0 Å². The van der Waals surface area contributed by atoms with Crippen molar-refractivity contribution >= 4 is 19.0 Å². The molecule has 120 valence electrons. The highest BCUT2D eigenvalue weighted by Gasteiger charge is 2.01. The number of benzene rings is 3. The van der Waals surface area contributed by atoms with Crippen LogP contribution in [0, 0.1) is 6.92 Å². The van der Waals surface area contributed by atoms with Crippen molar-refractivity contribution in [2.45, 2.75) is 13.5 Å². The summed E-state index contributed by atoms with van der Waals surface area (Å²) in [6, 6.07) is 25.3. The van der Waals surface area contributed by atoms with Crippen LogP contribution >= 0.6 is 8.20 Å². The lowest BCUT2D eigenvalue weighted by molar-refractivity contribution is -0.207. The van der Waals surface area contributed by atoms with Gasteiger partial charge >= 0.3 is 0 Å². The standard InChI is InChI=1S/C21H19O2P/c1-16-14-19(23-15-17-8-4-2-5-9-17)12-13-20(16)24-21(22)18-10-6-3-7-11-18/h2-14,22H,15H2,1H3/p-1. The Labute approximate surface area is 144 Å². The van der Waals surface area contributed by atoms with Gasteiger partial charge in [0, 0.05) is 5.30 Å². The van der Waals surface area contributed by atoms with Crippen molar-refractivity contribution in [2.24, 2.45) is 0 Å². The van der Waals surface area contributed by atoms with Gasteiger partial charge in [-0.1, -0.05) is 68.9 Å². The van der Waals surface area contributed by atoms with E-state index in [1.165, 1.54) is 0 Å². The second-order valence-corrected chi connectivity index (χ2v) is 6.62. The van der Waals surface area contributed by atoms with Crippen LogP contribution in [-0.2, 0) is 6.61 Å². The summed E-state index contributed by atoms with van der Waals surface area (Å²) >= 11 is 0. The van der Waals surface area contributed by atoms with Crippen LogP contribution in [0.15, 0.2) is 78.9 Å². The average molecular weight is 333 g/mol. The minimum Gasteiger partial charge on any atom is -0.823 e. The van der Waals surface area contributed by atoms with Gasteiger partial charge < -0.3 is 9.84 Å². The number of hydrogen-bond donors (Lipinski definition) is 0. The van der Waals surface area contributed by atoms with E-state index in [1.54, 1.807) is 0 Å². The summed E-state index contributed by atoms with van der Waals surface area (Å²) < 4.78 is 5.83. The van der Waals surface area contributed by atoms with E-state index < -0.39 is 0 Å². The molecule has 3 aromatic carbocycles. The zero-order valence-electron chi connectivity index (χ0n) is 13.5. The predicted molar refractivity (Wildman–Crippen MR) is 99.1 cm³/mol. The molecule has 0 spiro atoms. The molecule has 0 saturated carbocycles. The molecule has 0 saturated heterocycles. The molecule has 3 rings (SSSR count). The zero-order chi connectivity index (χ0) is 16.8. The minimum absolute atomic E-state index is 0.108. The Bertz CT molecular complexity index is 827. The lowest BCUT2D eigenvalue weighted by Gasteiger charge is -2.13. The van der Waals surface area contributed by atoms with Gasteiger partial charge in [0.05, 0.1) is 0 Å². The molecule has 0 heterocycles.